The van der Waals surface area contributed by atoms with E-state index in [1.165, 1.54) is 11.1 Å². The lowest BCUT2D eigenvalue weighted by molar-refractivity contribution is -0.160. The van der Waals surface area contributed by atoms with Crippen molar-refractivity contribution in [1.29, 1.82) is 0 Å². The van der Waals surface area contributed by atoms with Crippen molar-refractivity contribution in [3.8, 4) is 16.9 Å². The van der Waals surface area contributed by atoms with Crippen LogP contribution in [0.25, 0.3) is 32.2 Å². The van der Waals surface area contributed by atoms with E-state index in [0.717, 1.165) is 55.0 Å². The number of ether oxygens (including phenoxy) is 2. The molecule has 198 valence electrons. The van der Waals surface area contributed by atoms with Crippen LogP contribution < -0.4 is 4.74 Å². The zero-order valence-electron chi connectivity index (χ0n) is 22.4. The molecule has 5 aromatic rings. The zero-order chi connectivity index (χ0) is 27.3. The molecule has 1 N–H and O–H groups in total. The third-order valence-corrected chi connectivity index (χ3v) is 8.06. The Labute approximate surface area is 231 Å². The Hall–Kier alpha value is -3.81. The molecule has 0 spiro atoms. The first-order valence-electron chi connectivity index (χ1n) is 13.1. The minimum atomic E-state index is -1.16. The van der Waals surface area contributed by atoms with Gasteiger partial charge in [0.25, 0.3) is 0 Å². The van der Waals surface area contributed by atoms with Gasteiger partial charge < -0.3 is 14.6 Å². The highest BCUT2D eigenvalue weighted by molar-refractivity contribution is 7.19. The Morgan fingerprint density at radius 3 is 2.69 bits per heavy atom. The first-order valence-corrected chi connectivity index (χ1v) is 13.9. The minimum Gasteiger partial charge on any atom is -0.493 e. The summed E-state index contributed by atoms with van der Waals surface area (Å²) in [5.74, 6) is -0.218. The monoisotopic (exact) mass is 538 g/mol. The van der Waals surface area contributed by atoms with E-state index in [-0.39, 0.29) is 0 Å². The maximum Gasteiger partial charge on any atom is 0.337 e. The summed E-state index contributed by atoms with van der Waals surface area (Å²) < 4.78 is 13.1. The fraction of sp³-hybridized carbons (Fsp3) is 0.281. The van der Waals surface area contributed by atoms with E-state index in [1.807, 2.05) is 76.4 Å². The van der Waals surface area contributed by atoms with Gasteiger partial charge >= 0.3 is 5.97 Å². The van der Waals surface area contributed by atoms with Crippen LogP contribution in [-0.4, -0.2) is 33.3 Å². The molecule has 3 aromatic carbocycles. The van der Waals surface area contributed by atoms with Crippen LogP contribution in [0.15, 0.2) is 60.8 Å². The number of thiazole rings is 1. The number of hydrogen-bond donors (Lipinski definition) is 1. The van der Waals surface area contributed by atoms with Crippen molar-refractivity contribution < 1.29 is 19.4 Å². The average Bonchev–Trinajstić information content (AvgIpc) is 3.29. The number of hydrogen-bond acceptors (Lipinski definition) is 6. The third kappa shape index (κ3) is 4.77. The van der Waals surface area contributed by atoms with E-state index in [2.05, 4.69) is 12.1 Å². The molecule has 39 heavy (non-hydrogen) atoms. The summed E-state index contributed by atoms with van der Waals surface area (Å²) in [7, 11) is 0. The van der Waals surface area contributed by atoms with Gasteiger partial charge in [0, 0.05) is 41.1 Å². The number of aromatic nitrogens is 2. The van der Waals surface area contributed by atoms with Crippen molar-refractivity contribution in [2.75, 3.05) is 6.61 Å². The predicted molar refractivity (Wildman–Crippen MR) is 155 cm³/mol. The lowest BCUT2D eigenvalue weighted by atomic mass is 9.89. The smallest absolute Gasteiger partial charge is 0.337 e. The van der Waals surface area contributed by atoms with Crippen molar-refractivity contribution in [3.05, 3.63) is 88.1 Å². The average molecular weight is 539 g/mol. The van der Waals surface area contributed by atoms with Crippen LogP contribution in [0.2, 0.25) is 0 Å². The molecule has 0 saturated heterocycles. The minimum absolute atomic E-state index is 0.629. The van der Waals surface area contributed by atoms with E-state index < -0.39 is 17.7 Å². The molecule has 0 bridgehead atoms. The van der Waals surface area contributed by atoms with Gasteiger partial charge in [-0.1, -0.05) is 30.3 Å². The zero-order valence-corrected chi connectivity index (χ0v) is 23.3. The summed E-state index contributed by atoms with van der Waals surface area (Å²) in [6.07, 6.45) is 2.17. The number of aryl methyl sites for hydroxylation is 1. The molecule has 0 saturated carbocycles. The van der Waals surface area contributed by atoms with E-state index in [0.29, 0.717) is 18.6 Å². The number of carbonyl (C=O) groups is 1. The van der Waals surface area contributed by atoms with Gasteiger partial charge in [0.1, 0.15) is 5.75 Å². The molecule has 2 aromatic heterocycles. The van der Waals surface area contributed by atoms with Crippen LogP contribution in [0.3, 0.4) is 0 Å². The van der Waals surface area contributed by atoms with E-state index in [4.69, 9.17) is 19.4 Å². The van der Waals surface area contributed by atoms with E-state index >= 15 is 0 Å². The molecule has 1 unspecified atom stereocenters. The highest BCUT2D eigenvalue weighted by Crippen LogP contribution is 2.46. The van der Waals surface area contributed by atoms with E-state index in [9.17, 15) is 9.90 Å². The highest BCUT2D eigenvalue weighted by Gasteiger charge is 2.33. The van der Waals surface area contributed by atoms with Gasteiger partial charge in [-0.05, 0) is 68.7 Å². The van der Waals surface area contributed by atoms with Crippen molar-refractivity contribution in [2.45, 2.75) is 52.2 Å². The van der Waals surface area contributed by atoms with Crippen LogP contribution in [-0.2, 0) is 22.4 Å². The first kappa shape index (κ1) is 25.5. The molecule has 7 heteroatoms. The quantitative estimate of drug-likeness (QED) is 0.245. The highest BCUT2D eigenvalue weighted by atomic mass is 32.1. The largest absolute Gasteiger partial charge is 0.493 e. The maximum absolute atomic E-state index is 12.8. The molecular formula is C32H30N2O4S. The predicted octanol–water partition coefficient (Wildman–Crippen LogP) is 7.29. The van der Waals surface area contributed by atoms with Crippen LogP contribution >= 0.6 is 11.3 Å². The number of carboxylic acids is 1. The Bertz CT molecular complexity index is 1710. The van der Waals surface area contributed by atoms with Crippen molar-refractivity contribution in [1.82, 2.24) is 9.97 Å². The lowest BCUT2D eigenvalue weighted by Crippen LogP contribution is -2.28. The number of rotatable bonds is 6. The van der Waals surface area contributed by atoms with Gasteiger partial charge in [-0.3, -0.25) is 4.98 Å². The molecule has 0 fully saturated rings. The fourth-order valence-electron chi connectivity index (χ4n) is 5.40. The Morgan fingerprint density at radius 1 is 1.15 bits per heavy atom. The third-order valence-electron chi connectivity index (χ3n) is 6.97. The summed E-state index contributed by atoms with van der Waals surface area (Å²) >= 11 is 1.60. The Morgan fingerprint density at radius 2 is 1.95 bits per heavy atom. The summed E-state index contributed by atoms with van der Waals surface area (Å²) in [5, 5.41) is 12.4. The molecule has 6 rings (SSSR count). The van der Waals surface area contributed by atoms with Gasteiger partial charge in [0.2, 0.25) is 0 Å². The van der Waals surface area contributed by atoms with Crippen LogP contribution in [0.5, 0.6) is 5.75 Å². The Balaban J connectivity index is 1.66. The number of pyridine rings is 1. The van der Waals surface area contributed by atoms with Crippen molar-refractivity contribution >= 4 is 38.4 Å². The second kappa shape index (κ2) is 9.74. The molecule has 3 heterocycles. The van der Waals surface area contributed by atoms with Crippen molar-refractivity contribution in [2.24, 2.45) is 0 Å². The number of aliphatic carboxylic acids is 1. The fourth-order valence-corrected chi connectivity index (χ4v) is 6.55. The summed E-state index contributed by atoms with van der Waals surface area (Å²) in [6, 6.07) is 18.3. The standard InChI is InChI=1S/C32H30N2O4S/c1-18-16-22-30(39-24(34-22)17-19-8-6-5-7-9-19)27(25(18)29(31(35)36)38-32(2,3)4)21-10-11-23-26-20(13-15-37-23)12-14-33-28(21)26/h5-12,14,16,29H,13,15,17H2,1-4H3,(H,35,36). The first-order chi connectivity index (χ1) is 18.7. The van der Waals surface area contributed by atoms with E-state index in [1.54, 1.807) is 11.3 Å². The summed E-state index contributed by atoms with van der Waals surface area (Å²) in [5.41, 5.74) is 6.48. The second-order valence-corrected chi connectivity index (χ2v) is 12.0. The molecule has 1 atom stereocenters. The van der Waals surface area contributed by atoms with Crippen LogP contribution in [0.4, 0.5) is 0 Å². The normalized spacial score (nSPS) is 13.9. The molecule has 1 aliphatic rings. The number of nitrogens with zero attached hydrogens (tertiary/aromatic N) is 2. The van der Waals surface area contributed by atoms with Gasteiger partial charge in [-0.15, -0.1) is 11.3 Å². The Kier molecular flexibility index (Phi) is 6.36. The van der Waals surface area contributed by atoms with Gasteiger partial charge in [0.15, 0.2) is 6.10 Å². The molecule has 0 radical (unpaired) electrons. The second-order valence-electron chi connectivity index (χ2n) is 11.0. The molecular weight excluding hydrogens is 508 g/mol. The molecule has 1 aliphatic heterocycles. The van der Waals surface area contributed by atoms with Crippen LogP contribution in [0, 0.1) is 6.92 Å². The maximum atomic E-state index is 12.8. The number of fused-ring (bicyclic) bond motifs is 1. The van der Waals surface area contributed by atoms with Gasteiger partial charge in [0.05, 0.1) is 32.9 Å². The SMILES string of the molecule is Cc1cc2nc(Cc3ccccc3)sc2c(-c2ccc3c4c(ccnc24)CCO3)c1C(OC(C)(C)C)C(=O)O. The van der Waals surface area contributed by atoms with Crippen molar-refractivity contribution in [3.63, 3.8) is 0 Å². The number of carboxylic acid groups (broad SMARTS) is 1. The molecule has 0 aliphatic carbocycles. The topological polar surface area (TPSA) is 81.5 Å². The summed E-state index contributed by atoms with van der Waals surface area (Å²) in [6.45, 7) is 8.20. The van der Waals surface area contributed by atoms with Crippen LogP contribution in [0.1, 0.15) is 54.1 Å². The van der Waals surface area contributed by atoms with Gasteiger partial charge in [-0.2, -0.15) is 0 Å². The molecule has 0 amide bonds. The summed E-state index contributed by atoms with van der Waals surface area (Å²) in [4.78, 5) is 22.6. The lowest BCUT2D eigenvalue weighted by Gasteiger charge is -2.28. The van der Waals surface area contributed by atoms with Gasteiger partial charge in [-0.25, -0.2) is 9.78 Å². The molecule has 6 nitrogen and oxygen atoms in total. The number of benzene rings is 3.